The van der Waals surface area contributed by atoms with Crippen LogP contribution in [0.5, 0.6) is 0 Å². The fourth-order valence-electron chi connectivity index (χ4n) is 0.644. The van der Waals surface area contributed by atoms with Gasteiger partial charge in [0.15, 0.2) is 0 Å². The molecular formula is C6H16O9P2. The maximum atomic E-state index is 10.9. The Kier molecular flexibility index (Phi) is 7.66. The molecule has 0 aliphatic rings. The second-order valence-corrected chi connectivity index (χ2v) is 5.87. The molecule has 9 nitrogen and oxygen atoms in total. The van der Waals surface area contributed by atoms with Gasteiger partial charge in [-0.15, -0.1) is 0 Å². The summed E-state index contributed by atoms with van der Waals surface area (Å²) in [6, 6.07) is 0. The lowest BCUT2D eigenvalue weighted by Gasteiger charge is -2.18. The molecule has 104 valence electrons. The van der Waals surface area contributed by atoms with Crippen LogP contribution < -0.4 is 0 Å². The SMILES string of the molecule is COC(COP(=O)(O)OC)COP(=O)(O)OC. The quantitative estimate of drug-likeness (QED) is 0.586. The van der Waals surface area contributed by atoms with Crippen molar-refractivity contribution in [2.45, 2.75) is 6.10 Å². The highest BCUT2D eigenvalue weighted by Gasteiger charge is 2.25. The van der Waals surface area contributed by atoms with Crippen LogP contribution in [0.25, 0.3) is 0 Å². The average Bonchev–Trinajstić information content (AvgIpc) is 2.29. The first-order valence-electron chi connectivity index (χ1n) is 4.35. The summed E-state index contributed by atoms with van der Waals surface area (Å²) in [5.74, 6) is 0. The van der Waals surface area contributed by atoms with E-state index in [1.165, 1.54) is 7.11 Å². The first-order valence-corrected chi connectivity index (χ1v) is 7.34. The van der Waals surface area contributed by atoms with E-state index in [1.807, 2.05) is 0 Å². The summed E-state index contributed by atoms with van der Waals surface area (Å²) in [5.41, 5.74) is 0. The van der Waals surface area contributed by atoms with Crippen LogP contribution in [-0.2, 0) is 32.0 Å². The topological polar surface area (TPSA) is 121 Å². The second kappa shape index (κ2) is 7.58. The molecule has 2 atom stereocenters. The van der Waals surface area contributed by atoms with Gasteiger partial charge in [-0.05, 0) is 0 Å². The monoisotopic (exact) mass is 294 g/mol. The van der Waals surface area contributed by atoms with Crippen molar-refractivity contribution < 1.29 is 41.7 Å². The smallest absolute Gasteiger partial charge is 0.377 e. The molecule has 0 aromatic carbocycles. The van der Waals surface area contributed by atoms with Gasteiger partial charge in [-0.3, -0.25) is 18.1 Å². The maximum Gasteiger partial charge on any atom is 0.472 e. The molecule has 17 heavy (non-hydrogen) atoms. The molecule has 0 aromatic rings. The Hall–Kier alpha value is 0.180. The van der Waals surface area contributed by atoms with E-state index in [-0.39, 0.29) is 13.2 Å². The Balaban J connectivity index is 4.10. The zero-order valence-electron chi connectivity index (χ0n) is 9.64. The highest BCUT2D eigenvalue weighted by molar-refractivity contribution is 7.47. The predicted molar refractivity (Wildman–Crippen MR) is 56.4 cm³/mol. The molecule has 0 saturated carbocycles. The minimum atomic E-state index is -4.11. The lowest BCUT2D eigenvalue weighted by atomic mass is 10.4. The zero-order valence-corrected chi connectivity index (χ0v) is 11.4. The first kappa shape index (κ1) is 17.2. The summed E-state index contributed by atoms with van der Waals surface area (Å²) in [5, 5.41) is 0. The molecule has 2 N–H and O–H groups in total. The minimum Gasteiger partial charge on any atom is -0.377 e. The third-order valence-electron chi connectivity index (χ3n) is 1.64. The Bertz CT molecular complexity index is 278. The van der Waals surface area contributed by atoms with Crippen molar-refractivity contribution >= 4 is 15.6 Å². The van der Waals surface area contributed by atoms with Crippen LogP contribution in [0.1, 0.15) is 0 Å². The largest absolute Gasteiger partial charge is 0.472 e. The summed E-state index contributed by atoms with van der Waals surface area (Å²) in [4.78, 5) is 17.9. The molecule has 0 spiro atoms. The molecule has 2 unspecified atom stereocenters. The van der Waals surface area contributed by atoms with Crippen molar-refractivity contribution in [3.8, 4) is 0 Å². The Morgan fingerprint density at radius 1 is 0.941 bits per heavy atom. The highest BCUT2D eigenvalue weighted by Crippen LogP contribution is 2.43. The number of phosphoric ester groups is 2. The van der Waals surface area contributed by atoms with Gasteiger partial charge in [0.2, 0.25) is 0 Å². The van der Waals surface area contributed by atoms with Crippen LogP contribution in [-0.4, -0.2) is 50.4 Å². The van der Waals surface area contributed by atoms with Crippen LogP contribution in [0, 0.1) is 0 Å². The van der Waals surface area contributed by atoms with Crippen molar-refractivity contribution in [2.24, 2.45) is 0 Å². The zero-order chi connectivity index (χ0) is 13.5. The third-order valence-corrected chi connectivity index (χ3v) is 3.52. The van der Waals surface area contributed by atoms with Gasteiger partial charge in [0, 0.05) is 21.3 Å². The van der Waals surface area contributed by atoms with Crippen molar-refractivity contribution in [3.63, 3.8) is 0 Å². The molecule has 0 aromatic heterocycles. The summed E-state index contributed by atoms with van der Waals surface area (Å²) >= 11 is 0. The molecule has 0 aliphatic carbocycles. The number of methoxy groups -OCH3 is 1. The number of hydrogen-bond donors (Lipinski definition) is 2. The van der Waals surface area contributed by atoms with Gasteiger partial charge in [0.05, 0.1) is 13.2 Å². The van der Waals surface area contributed by atoms with Gasteiger partial charge < -0.3 is 14.5 Å². The van der Waals surface area contributed by atoms with E-state index in [0.717, 1.165) is 14.2 Å². The van der Waals surface area contributed by atoms with Crippen molar-refractivity contribution in [1.29, 1.82) is 0 Å². The van der Waals surface area contributed by atoms with E-state index in [2.05, 4.69) is 18.1 Å². The predicted octanol–water partition coefficient (Wildman–Crippen LogP) is 0.528. The Morgan fingerprint density at radius 3 is 1.53 bits per heavy atom. The Morgan fingerprint density at radius 2 is 1.29 bits per heavy atom. The van der Waals surface area contributed by atoms with Crippen molar-refractivity contribution in [1.82, 2.24) is 0 Å². The van der Waals surface area contributed by atoms with Crippen LogP contribution in [0.15, 0.2) is 0 Å². The maximum absolute atomic E-state index is 10.9. The van der Waals surface area contributed by atoms with Gasteiger partial charge in [-0.25, -0.2) is 9.13 Å². The van der Waals surface area contributed by atoms with Gasteiger partial charge in [0.25, 0.3) is 0 Å². The molecule has 0 radical (unpaired) electrons. The molecule has 0 rings (SSSR count). The molecule has 0 heterocycles. The lowest BCUT2D eigenvalue weighted by Crippen LogP contribution is -2.23. The number of phosphoric acid groups is 2. The highest BCUT2D eigenvalue weighted by atomic mass is 31.2. The normalized spacial score (nSPS) is 20.5. The molecular weight excluding hydrogens is 278 g/mol. The van der Waals surface area contributed by atoms with Crippen LogP contribution in [0.3, 0.4) is 0 Å². The van der Waals surface area contributed by atoms with Crippen LogP contribution in [0.2, 0.25) is 0 Å². The second-order valence-electron chi connectivity index (χ2n) is 2.75. The molecule has 0 fully saturated rings. The molecule has 11 heteroatoms. The molecule has 0 saturated heterocycles. The Labute approximate surface area is 98.8 Å². The fourth-order valence-corrected chi connectivity index (χ4v) is 1.56. The lowest BCUT2D eigenvalue weighted by molar-refractivity contribution is 0.00506. The molecule has 0 amide bonds. The van der Waals surface area contributed by atoms with E-state index < -0.39 is 21.7 Å². The number of rotatable bonds is 9. The van der Waals surface area contributed by atoms with Gasteiger partial charge in [-0.1, -0.05) is 0 Å². The van der Waals surface area contributed by atoms with Crippen LogP contribution >= 0.6 is 15.6 Å². The molecule has 0 aliphatic heterocycles. The standard InChI is InChI=1S/C6H16O9P2/c1-11-6(4-14-16(7,8)12-2)5-15-17(9,10)13-3/h6H,4-5H2,1-3H3,(H,7,8)(H,9,10). The number of ether oxygens (including phenoxy) is 1. The van der Waals surface area contributed by atoms with Crippen LogP contribution in [0.4, 0.5) is 0 Å². The summed E-state index contributed by atoms with van der Waals surface area (Å²) in [6.45, 7) is -0.691. The minimum absolute atomic E-state index is 0.345. The summed E-state index contributed by atoms with van der Waals surface area (Å²) in [7, 11) is -4.93. The van der Waals surface area contributed by atoms with E-state index in [4.69, 9.17) is 14.5 Å². The number of hydrogen-bond acceptors (Lipinski definition) is 7. The first-order chi connectivity index (χ1) is 7.76. The van der Waals surface area contributed by atoms with Crippen molar-refractivity contribution in [2.75, 3.05) is 34.5 Å². The van der Waals surface area contributed by atoms with Gasteiger partial charge >= 0.3 is 15.6 Å². The fraction of sp³-hybridized carbons (Fsp3) is 1.00. The van der Waals surface area contributed by atoms with E-state index >= 15 is 0 Å². The van der Waals surface area contributed by atoms with Gasteiger partial charge in [0.1, 0.15) is 6.10 Å². The van der Waals surface area contributed by atoms with E-state index in [0.29, 0.717) is 0 Å². The van der Waals surface area contributed by atoms with Gasteiger partial charge in [-0.2, -0.15) is 0 Å². The van der Waals surface area contributed by atoms with E-state index in [9.17, 15) is 9.13 Å². The third kappa shape index (κ3) is 7.99. The molecule has 0 bridgehead atoms. The summed E-state index contributed by atoms with van der Waals surface area (Å²) < 4.78 is 44.0. The van der Waals surface area contributed by atoms with Crippen molar-refractivity contribution in [3.05, 3.63) is 0 Å². The average molecular weight is 294 g/mol. The summed E-state index contributed by atoms with van der Waals surface area (Å²) in [6.07, 6.45) is -0.818. The van der Waals surface area contributed by atoms with E-state index in [1.54, 1.807) is 0 Å².